The zero-order valence-electron chi connectivity index (χ0n) is 10.8. The molecule has 5 nitrogen and oxygen atoms in total. The SMILES string of the molecule is CCC(CC)(OC)c1noc(-c2ccc(N)s2)n1. The van der Waals surface area contributed by atoms with Crippen LogP contribution in [0.4, 0.5) is 5.00 Å². The molecule has 0 aromatic carbocycles. The van der Waals surface area contributed by atoms with Gasteiger partial charge in [0, 0.05) is 7.11 Å². The standard InChI is InChI=1S/C12H17N3O2S/c1-4-12(5-2,16-3)11-14-10(17-15-11)8-6-7-9(13)18-8/h6-7H,4-5,13H2,1-3H3. The number of aromatic nitrogens is 2. The Morgan fingerprint density at radius 1 is 1.39 bits per heavy atom. The third-order valence-electron chi connectivity index (χ3n) is 3.20. The van der Waals surface area contributed by atoms with E-state index in [0.717, 1.165) is 22.7 Å². The van der Waals surface area contributed by atoms with Crippen LogP contribution in [0.25, 0.3) is 10.8 Å². The number of nitrogens with two attached hydrogens (primary N) is 1. The van der Waals surface area contributed by atoms with E-state index < -0.39 is 5.60 Å². The maximum atomic E-state index is 5.69. The molecule has 0 fully saturated rings. The zero-order valence-corrected chi connectivity index (χ0v) is 11.6. The number of methoxy groups -OCH3 is 1. The van der Waals surface area contributed by atoms with Gasteiger partial charge >= 0.3 is 0 Å². The quantitative estimate of drug-likeness (QED) is 0.901. The lowest BCUT2D eigenvalue weighted by Crippen LogP contribution is -2.28. The van der Waals surface area contributed by atoms with Crippen molar-refractivity contribution in [1.82, 2.24) is 10.1 Å². The Hall–Kier alpha value is -1.40. The number of anilines is 1. The van der Waals surface area contributed by atoms with Crippen molar-refractivity contribution >= 4 is 16.3 Å². The van der Waals surface area contributed by atoms with Gasteiger partial charge in [-0.05, 0) is 25.0 Å². The van der Waals surface area contributed by atoms with Gasteiger partial charge in [0.2, 0.25) is 5.82 Å². The molecule has 2 aromatic heterocycles. The number of hydrogen-bond acceptors (Lipinski definition) is 6. The van der Waals surface area contributed by atoms with Gasteiger partial charge in [0.15, 0.2) is 0 Å². The van der Waals surface area contributed by atoms with Crippen LogP contribution in [-0.2, 0) is 10.3 Å². The lowest BCUT2D eigenvalue weighted by atomic mass is 9.96. The number of rotatable bonds is 5. The van der Waals surface area contributed by atoms with Crippen LogP contribution in [0.15, 0.2) is 16.7 Å². The molecule has 98 valence electrons. The number of ether oxygens (including phenoxy) is 1. The number of nitrogen functional groups attached to an aromatic ring is 1. The van der Waals surface area contributed by atoms with E-state index in [9.17, 15) is 0 Å². The maximum absolute atomic E-state index is 5.69. The minimum atomic E-state index is -0.468. The highest BCUT2D eigenvalue weighted by atomic mass is 32.1. The highest BCUT2D eigenvalue weighted by Gasteiger charge is 2.33. The zero-order chi connectivity index (χ0) is 13.2. The summed E-state index contributed by atoms with van der Waals surface area (Å²) in [6, 6.07) is 3.71. The summed E-state index contributed by atoms with van der Waals surface area (Å²) in [5.41, 5.74) is 5.22. The van der Waals surface area contributed by atoms with E-state index in [0.29, 0.717) is 11.7 Å². The number of nitrogens with zero attached hydrogens (tertiary/aromatic N) is 2. The average molecular weight is 267 g/mol. The highest BCUT2D eigenvalue weighted by Crippen LogP contribution is 2.33. The van der Waals surface area contributed by atoms with E-state index in [2.05, 4.69) is 10.1 Å². The fourth-order valence-corrected chi connectivity index (χ4v) is 2.62. The van der Waals surface area contributed by atoms with Gasteiger partial charge < -0.3 is 15.0 Å². The molecule has 18 heavy (non-hydrogen) atoms. The summed E-state index contributed by atoms with van der Waals surface area (Å²) in [5, 5.41) is 4.77. The molecule has 0 unspecified atom stereocenters. The molecule has 2 N–H and O–H groups in total. The fourth-order valence-electron chi connectivity index (χ4n) is 1.92. The van der Waals surface area contributed by atoms with Crippen LogP contribution in [0.2, 0.25) is 0 Å². The molecule has 0 aliphatic heterocycles. The first-order valence-corrected chi connectivity index (χ1v) is 6.72. The molecule has 0 atom stereocenters. The molecule has 6 heteroatoms. The van der Waals surface area contributed by atoms with Crippen LogP contribution in [0.1, 0.15) is 32.5 Å². The van der Waals surface area contributed by atoms with Crippen molar-refractivity contribution in [2.75, 3.05) is 12.8 Å². The Morgan fingerprint density at radius 2 is 2.11 bits per heavy atom. The van der Waals surface area contributed by atoms with Gasteiger partial charge in [0.1, 0.15) is 5.60 Å². The minimum absolute atomic E-state index is 0.468. The molecular formula is C12H17N3O2S. The first kappa shape index (κ1) is 13.0. The number of hydrogen-bond donors (Lipinski definition) is 1. The van der Waals surface area contributed by atoms with Crippen LogP contribution in [-0.4, -0.2) is 17.3 Å². The Bertz CT molecular complexity index is 509. The van der Waals surface area contributed by atoms with Gasteiger partial charge in [-0.2, -0.15) is 4.98 Å². The number of thiophene rings is 1. The molecule has 0 bridgehead atoms. The van der Waals surface area contributed by atoms with Gasteiger partial charge in [-0.3, -0.25) is 0 Å². The second-order valence-electron chi connectivity index (χ2n) is 4.03. The average Bonchev–Trinajstić information content (AvgIpc) is 3.01. The molecule has 0 spiro atoms. The second kappa shape index (κ2) is 5.07. The monoisotopic (exact) mass is 267 g/mol. The molecule has 2 heterocycles. The van der Waals surface area contributed by atoms with Crippen LogP contribution in [0.5, 0.6) is 0 Å². The molecule has 0 aliphatic carbocycles. The molecule has 0 radical (unpaired) electrons. The van der Waals surface area contributed by atoms with Crippen LogP contribution in [0.3, 0.4) is 0 Å². The highest BCUT2D eigenvalue weighted by molar-refractivity contribution is 7.19. The second-order valence-corrected chi connectivity index (χ2v) is 5.15. The molecule has 2 aromatic rings. The van der Waals surface area contributed by atoms with Crippen molar-refractivity contribution in [3.05, 3.63) is 18.0 Å². The van der Waals surface area contributed by atoms with E-state index in [1.54, 1.807) is 7.11 Å². The van der Waals surface area contributed by atoms with Gasteiger partial charge in [0.05, 0.1) is 9.88 Å². The fraction of sp³-hybridized carbons (Fsp3) is 0.500. The Balaban J connectivity index is 2.35. The normalized spacial score (nSPS) is 11.9. The summed E-state index contributed by atoms with van der Waals surface area (Å²) in [6.07, 6.45) is 1.59. The third kappa shape index (κ3) is 2.13. The van der Waals surface area contributed by atoms with Gasteiger partial charge in [-0.1, -0.05) is 19.0 Å². The van der Waals surface area contributed by atoms with Crippen LogP contribution >= 0.6 is 11.3 Å². The minimum Gasteiger partial charge on any atom is -0.391 e. The lowest BCUT2D eigenvalue weighted by molar-refractivity contribution is -0.0306. The van der Waals surface area contributed by atoms with E-state index in [1.165, 1.54) is 11.3 Å². The topological polar surface area (TPSA) is 74.2 Å². The maximum Gasteiger partial charge on any atom is 0.268 e. The van der Waals surface area contributed by atoms with E-state index >= 15 is 0 Å². The molecule has 2 rings (SSSR count). The predicted octanol–water partition coefficient (Wildman–Crippen LogP) is 3.04. The summed E-state index contributed by atoms with van der Waals surface area (Å²) in [7, 11) is 1.67. The molecular weight excluding hydrogens is 250 g/mol. The van der Waals surface area contributed by atoms with Gasteiger partial charge in [0.25, 0.3) is 5.89 Å². The molecule has 0 aliphatic rings. The van der Waals surface area contributed by atoms with Crippen molar-refractivity contribution in [2.24, 2.45) is 0 Å². The Morgan fingerprint density at radius 3 is 2.61 bits per heavy atom. The summed E-state index contributed by atoms with van der Waals surface area (Å²) < 4.78 is 10.9. The largest absolute Gasteiger partial charge is 0.391 e. The van der Waals surface area contributed by atoms with Crippen LogP contribution < -0.4 is 5.73 Å². The summed E-state index contributed by atoms with van der Waals surface area (Å²) in [6.45, 7) is 4.10. The van der Waals surface area contributed by atoms with Crippen LogP contribution in [0, 0.1) is 0 Å². The van der Waals surface area contributed by atoms with E-state index in [4.69, 9.17) is 15.0 Å². The molecule has 0 saturated heterocycles. The first-order chi connectivity index (χ1) is 8.65. The predicted molar refractivity (Wildman–Crippen MR) is 71.3 cm³/mol. The van der Waals surface area contributed by atoms with Crippen molar-refractivity contribution in [2.45, 2.75) is 32.3 Å². The van der Waals surface area contributed by atoms with Crippen molar-refractivity contribution in [3.8, 4) is 10.8 Å². The Labute approximate surface area is 110 Å². The Kier molecular flexibility index (Phi) is 3.68. The molecule has 0 saturated carbocycles. The lowest BCUT2D eigenvalue weighted by Gasteiger charge is -2.25. The summed E-state index contributed by atoms with van der Waals surface area (Å²) in [4.78, 5) is 5.31. The van der Waals surface area contributed by atoms with E-state index in [1.807, 2.05) is 26.0 Å². The summed E-state index contributed by atoms with van der Waals surface area (Å²) >= 11 is 1.43. The van der Waals surface area contributed by atoms with Crippen molar-refractivity contribution in [1.29, 1.82) is 0 Å². The first-order valence-electron chi connectivity index (χ1n) is 5.90. The van der Waals surface area contributed by atoms with Crippen molar-refractivity contribution < 1.29 is 9.26 Å². The smallest absolute Gasteiger partial charge is 0.268 e. The molecule has 0 amide bonds. The third-order valence-corrected chi connectivity index (χ3v) is 4.11. The van der Waals surface area contributed by atoms with Gasteiger partial charge in [-0.25, -0.2) is 0 Å². The van der Waals surface area contributed by atoms with E-state index in [-0.39, 0.29) is 0 Å². The van der Waals surface area contributed by atoms with Gasteiger partial charge in [-0.15, -0.1) is 11.3 Å². The van der Waals surface area contributed by atoms with Crippen molar-refractivity contribution in [3.63, 3.8) is 0 Å². The summed E-state index contributed by atoms with van der Waals surface area (Å²) in [5.74, 6) is 1.09.